The maximum absolute atomic E-state index is 13.1. The Morgan fingerprint density at radius 1 is 1.16 bits per heavy atom. The second kappa shape index (κ2) is 9.27. The lowest BCUT2D eigenvalue weighted by atomic mass is 9.98. The molecular formula is C24H31N5O2S. The van der Waals surface area contributed by atoms with Crippen molar-refractivity contribution in [3.8, 4) is 11.4 Å². The van der Waals surface area contributed by atoms with Gasteiger partial charge in [-0.15, -0.1) is 10.2 Å². The molecule has 3 aromatic rings. The van der Waals surface area contributed by atoms with E-state index in [1.54, 1.807) is 0 Å². The minimum absolute atomic E-state index is 0.159. The SMILES string of the molecule is C[C@@H]1CCC[C@@H](C)N1C(=O)CSc1nnc(-c2c[nH]c3ccccc23)n1C[C@H]1CCCO1. The van der Waals surface area contributed by atoms with Crippen LogP contribution in [0.4, 0.5) is 0 Å². The van der Waals surface area contributed by atoms with Crippen molar-refractivity contribution >= 4 is 28.6 Å². The molecule has 3 atom stereocenters. The average Bonchev–Trinajstić information content (AvgIpc) is 3.53. The highest BCUT2D eigenvalue weighted by Crippen LogP contribution is 2.32. The monoisotopic (exact) mass is 453 g/mol. The van der Waals surface area contributed by atoms with Gasteiger partial charge in [0.15, 0.2) is 11.0 Å². The Hall–Kier alpha value is -2.32. The number of aromatic amines is 1. The van der Waals surface area contributed by atoms with Crippen LogP contribution in [0.25, 0.3) is 22.3 Å². The van der Waals surface area contributed by atoms with E-state index in [1.807, 2.05) is 18.3 Å². The molecule has 8 heteroatoms. The molecule has 2 saturated heterocycles. The van der Waals surface area contributed by atoms with E-state index < -0.39 is 0 Å². The van der Waals surface area contributed by atoms with Crippen molar-refractivity contribution in [2.24, 2.45) is 0 Å². The normalized spacial score (nSPS) is 23.8. The van der Waals surface area contributed by atoms with E-state index in [1.165, 1.54) is 18.2 Å². The fourth-order valence-corrected chi connectivity index (χ4v) is 5.94. The molecule has 2 aromatic heterocycles. The molecule has 1 amide bonds. The molecule has 7 nitrogen and oxygen atoms in total. The number of nitrogens with one attached hydrogen (secondary N) is 1. The molecule has 4 heterocycles. The predicted octanol–water partition coefficient (Wildman–Crippen LogP) is 4.49. The zero-order valence-corrected chi connectivity index (χ0v) is 19.6. The Balaban J connectivity index is 1.41. The fourth-order valence-electron chi connectivity index (χ4n) is 5.12. The van der Waals surface area contributed by atoms with Gasteiger partial charge in [-0.25, -0.2) is 0 Å². The standard InChI is InChI=1S/C24H31N5O2S/c1-16-7-5-8-17(2)29(16)22(30)15-32-24-27-26-23(28(24)14-18-9-6-12-31-18)20-13-25-21-11-4-3-10-19(20)21/h3-4,10-11,13,16-18,25H,5-9,12,14-15H2,1-2H3/t16-,17-,18-/m1/s1. The van der Waals surface area contributed by atoms with Crippen LogP contribution in [-0.2, 0) is 16.1 Å². The van der Waals surface area contributed by atoms with Crippen LogP contribution < -0.4 is 0 Å². The number of amides is 1. The summed E-state index contributed by atoms with van der Waals surface area (Å²) in [7, 11) is 0. The van der Waals surface area contributed by atoms with Gasteiger partial charge in [0.1, 0.15) is 0 Å². The van der Waals surface area contributed by atoms with Crippen LogP contribution in [0.5, 0.6) is 0 Å². The molecular weight excluding hydrogens is 422 g/mol. The third-order valence-corrected chi connectivity index (χ3v) is 7.71. The lowest BCUT2D eigenvalue weighted by Gasteiger charge is -2.39. The molecule has 170 valence electrons. The van der Waals surface area contributed by atoms with Crippen LogP contribution in [0.3, 0.4) is 0 Å². The van der Waals surface area contributed by atoms with Gasteiger partial charge in [0.2, 0.25) is 5.91 Å². The van der Waals surface area contributed by atoms with E-state index in [-0.39, 0.29) is 12.0 Å². The lowest BCUT2D eigenvalue weighted by molar-refractivity contribution is -0.134. The van der Waals surface area contributed by atoms with Gasteiger partial charge in [-0.05, 0) is 52.0 Å². The summed E-state index contributed by atoms with van der Waals surface area (Å²) in [6.45, 7) is 5.83. The van der Waals surface area contributed by atoms with Crippen molar-refractivity contribution in [1.82, 2.24) is 24.6 Å². The van der Waals surface area contributed by atoms with Crippen molar-refractivity contribution in [3.63, 3.8) is 0 Å². The van der Waals surface area contributed by atoms with E-state index >= 15 is 0 Å². The van der Waals surface area contributed by atoms with Crippen LogP contribution in [0.2, 0.25) is 0 Å². The zero-order chi connectivity index (χ0) is 22.1. The number of hydrogen-bond acceptors (Lipinski definition) is 5. The van der Waals surface area contributed by atoms with Crippen LogP contribution in [0.1, 0.15) is 46.0 Å². The Bertz CT molecular complexity index is 1080. The van der Waals surface area contributed by atoms with Gasteiger partial charge < -0.3 is 14.6 Å². The number of piperidine rings is 1. The van der Waals surface area contributed by atoms with E-state index in [2.05, 4.69) is 50.6 Å². The second-order valence-corrected chi connectivity index (χ2v) is 9.96. The molecule has 0 saturated carbocycles. The third-order valence-electron chi connectivity index (χ3n) is 6.76. The molecule has 2 aliphatic rings. The second-order valence-electron chi connectivity index (χ2n) is 9.02. The summed E-state index contributed by atoms with van der Waals surface area (Å²) in [5.41, 5.74) is 2.11. The van der Waals surface area contributed by atoms with Crippen molar-refractivity contribution in [3.05, 3.63) is 30.5 Å². The number of thioether (sulfide) groups is 1. The first-order valence-electron chi connectivity index (χ1n) is 11.7. The van der Waals surface area contributed by atoms with Gasteiger partial charge in [-0.1, -0.05) is 30.0 Å². The number of H-pyrrole nitrogens is 1. The number of hydrogen-bond donors (Lipinski definition) is 1. The molecule has 5 rings (SSSR count). The predicted molar refractivity (Wildman–Crippen MR) is 127 cm³/mol. The number of ether oxygens (including phenoxy) is 1. The largest absolute Gasteiger partial charge is 0.376 e. The first kappa shape index (κ1) is 21.5. The zero-order valence-electron chi connectivity index (χ0n) is 18.8. The van der Waals surface area contributed by atoms with Crippen molar-refractivity contribution in [2.45, 2.75) is 75.8 Å². The van der Waals surface area contributed by atoms with E-state index in [0.29, 0.717) is 24.4 Å². The third kappa shape index (κ3) is 4.18. The average molecular weight is 454 g/mol. The minimum atomic E-state index is 0.159. The van der Waals surface area contributed by atoms with E-state index in [0.717, 1.165) is 59.7 Å². The van der Waals surface area contributed by atoms with Crippen LogP contribution in [-0.4, -0.2) is 61.1 Å². The number of nitrogens with zero attached hydrogens (tertiary/aromatic N) is 4. The van der Waals surface area contributed by atoms with E-state index in [4.69, 9.17) is 4.74 Å². The summed E-state index contributed by atoms with van der Waals surface area (Å²) in [5, 5.41) is 11.0. The summed E-state index contributed by atoms with van der Waals surface area (Å²) in [6, 6.07) is 8.83. The molecule has 0 spiro atoms. The number of para-hydroxylation sites is 1. The number of fused-ring (bicyclic) bond motifs is 1. The summed E-state index contributed by atoms with van der Waals surface area (Å²) >= 11 is 1.49. The Kier molecular flexibility index (Phi) is 6.24. The van der Waals surface area contributed by atoms with Gasteiger partial charge in [0, 0.05) is 41.4 Å². The van der Waals surface area contributed by atoms with Crippen LogP contribution in [0.15, 0.2) is 35.6 Å². The number of aromatic nitrogens is 4. The van der Waals surface area contributed by atoms with Crippen LogP contribution in [0, 0.1) is 0 Å². The highest BCUT2D eigenvalue weighted by molar-refractivity contribution is 7.99. The maximum Gasteiger partial charge on any atom is 0.233 e. The molecule has 2 aliphatic heterocycles. The summed E-state index contributed by atoms with van der Waals surface area (Å²) in [5.74, 6) is 1.40. The number of benzene rings is 1. The molecule has 1 N–H and O–H groups in total. The topological polar surface area (TPSA) is 76.0 Å². The van der Waals surface area contributed by atoms with Crippen molar-refractivity contribution in [2.75, 3.05) is 12.4 Å². The highest BCUT2D eigenvalue weighted by Gasteiger charge is 2.30. The van der Waals surface area contributed by atoms with Gasteiger partial charge in [-0.3, -0.25) is 9.36 Å². The molecule has 2 fully saturated rings. The molecule has 0 aliphatic carbocycles. The van der Waals surface area contributed by atoms with Gasteiger partial charge in [0.25, 0.3) is 0 Å². The van der Waals surface area contributed by atoms with E-state index in [9.17, 15) is 4.79 Å². The molecule has 32 heavy (non-hydrogen) atoms. The molecule has 0 unspecified atom stereocenters. The Morgan fingerprint density at radius 2 is 1.97 bits per heavy atom. The molecule has 0 radical (unpaired) electrons. The van der Waals surface area contributed by atoms with Gasteiger partial charge in [0.05, 0.1) is 18.4 Å². The number of carbonyl (C=O) groups excluding carboxylic acids is 1. The van der Waals surface area contributed by atoms with Gasteiger partial charge >= 0.3 is 0 Å². The molecule has 1 aromatic carbocycles. The lowest BCUT2D eigenvalue weighted by Crippen LogP contribution is -2.48. The van der Waals surface area contributed by atoms with Crippen molar-refractivity contribution < 1.29 is 9.53 Å². The number of carbonyl (C=O) groups is 1. The first-order valence-corrected chi connectivity index (χ1v) is 12.7. The number of rotatable bonds is 6. The van der Waals surface area contributed by atoms with Crippen LogP contribution >= 0.6 is 11.8 Å². The summed E-state index contributed by atoms with van der Waals surface area (Å²) in [6.07, 6.45) is 7.65. The quantitative estimate of drug-likeness (QED) is 0.557. The minimum Gasteiger partial charge on any atom is -0.376 e. The fraction of sp³-hybridized carbons (Fsp3) is 0.542. The maximum atomic E-state index is 13.1. The number of likely N-dealkylation sites (tertiary alicyclic amines) is 1. The van der Waals surface area contributed by atoms with Gasteiger partial charge in [-0.2, -0.15) is 0 Å². The Morgan fingerprint density at radius 3 is 2.75 bits per heavy atom. The summed E-state index contributed by atoms with van der Waals surface area (Å²) in [4.78, 5) is 18.5. The highest BCUT2D eigenvalue weighted by atomic mass is 32.2. The smallest absolute Gasteiger partial charge is 0.233 e. The summed E-state index contributed by atoms with van der Waals surface area (Å²) < 4.78 is 8.07. The van der Waals surface area contributed by atoms with Crippen molar-refractivity contribution in [1.29, 1.82) is 0 Å². The molecule has 0 bridgehead atoms. The Labute approximate surface area is 192 Å². The first-order chi connectivity index (χ1) is 15.6.